The van der Waals surface area contributed by atoms with Crippen LogP contribution >= 0.6 is 11.8 Å². The molecule has 2 rings (SSSR count). The molecule has 0 spiro atoms. The number of thioether (sulfide) groups is 1. The van der Waals surface area contributed by atoms with E-state index < -0.39 is 40.0 Å². The number of amides is 1. The number of rotatable bonds is 14. The third-order valence-corrected chi connectivity index (χ3v) is 7.52. The zero-order chi connectivity index (χ0) is 27.4. The summed E-state index contributed by atoms with van der Waals surface area (Å²) in [6, 6.07) is 9.70. The second-order valence-electron chi connectivity index (χ2n) is 7.99. The Morgan fingerprint density at radius 1 is 0.946 bits per heavy atom. The van der Waals surface area contributed by atoms with Crippen molar-refractivity contribution in [2.75, 3.05) is 24.7 Å². The molecule has 0 aliphatic rings. The third kappa shape index (κ3) is 10.1. The van der Waals surface area contributed by atoms with Gasteiger partial charge in [0.25, 0.3) is 0 Å². The Morgan fingerprint density at radius 3 is 2.16 bits per heavy atom. The Balaban J connectivity index is 2.25. The Hall–Kier alpha value is -3.09. The second kappa shape index (κ2) is 14.6. The van der Waals surface area contributed by atoms with Crippen LogP contribution in [0.25, 0.3) is 0 Å². The maximum absolute atomic E-state index is 13.3. The van der Waals surface area contributed by atoms with Crippen LogP contribution in [0.2, 0.25) is 0 Å². The summed E-state index contributed by atoms with van der Waals surface area (Å²) in [7, 11) is -4.09. The molecule has 2 aromatic rings. The normalized spacial score (nSPS) is 12.8. The van der Waals surface area contributed by atoms with Crippen LogP contribution in [0.5, 0.6) is 5.75 Å². The highest BCUT2D eigenvalue weighted by molar-refractivity contribution is 8.00. The number of benzene rings is 2. The first-order valence-corrected chi connectivity index (χ1v) is 14.3. The maximum atomic E-state index is 13.3. The summed E-state index contributed by atoms with van der Waals surface area (Å²) in [6.07, 6.45) is -0.0529. The number of sulfonamides is 1. The molecule has 2 atom stereocenters. The van der Waals surface area contributed by atoms with Gasteiger partial charge in [0.2, 0.25) is 15.9 Å². The third-order valence-electron chi connectivity index (χ3n) is 5.02. The lowest BCUT2D eigenvalue weighted by molar-refractivity contribution is -0.147. The van der Waals surface area contributed by atoms with Gasteiger partial charge >= 0.3 is 11.9 Å². The summed E-state index contributed by atoms with van der Waals surface area (Å²) < 4.78 is 38.5. The van der Waals surface area contributed by atoms with Gasteiger partial charge in [0.15, 0.2) is 0 Å². The lowest BCUT2D eigenvalue weighted by Crippen LogP contribution is -2.53. The molecule has 0 saturated heterocycles. The molecule has 0 fully saturated rings. The first-order valence-electron chi connectivity index (χ1n) is 11.6. The van der Waals surface area contributed by atoms with Crippen molar-refractivity contribution >= 4 is 39.6 Å². The summed E-state index contributed by atoms with van der Waals surface area (Å²) in [5, 5.41) is 12.1. The average Bonchev–Trinajstić information content (AvgIpc) is 2.84. The van der Waals surface area contributed by atoms with Gasteiger partial charge in [-0.15, -0.1) is 11.8 Å². The number of hydrogen-bond donors (Lipinski definition) is 3. The first kappa shape index (κ1) is 30.1. The van der Waals surface area contributed by atoms with Gasteiger partial charge in [0.05, 0.1) is 23.9 Å². The van der Waals surface area contributed by atoms with Crippen LogP contribution in [0.4, 0.5) is 0 Å². The zero-order valence-electron chi connectivity index (χ0n) is 20.9. The minimum Gasteiger partial charge on any atom is -0.508 e. The highest BCUT2D eigenvalue weighted by Gasteiger charge is 2.30. The fraction of sp³-hybridized carbons (Fsp3) is 0.400. The van der Waals surface area contributed by atoms with Crippen LogP contribution in [-0.4, -0.2) is 68.2 Å². The van der Waals surface area contributed by atoms with Gasteiger partial charge in [-0.3, -0.25) is 9.59 Å². The highest BCUT2D eigenvalue weighted by atomic mass is 32.2. The standard InChI is InChI=1S/C25H32N2O8S2/c1-4-34-23(29)16-36-15-22(25(31)35-5-2)26-24(30)21(14-18-8-10-19(28)11-9-18)27-37(32,33)20-12-6-17(3)7-13-20/h6-13,21-22,27-28H,4-5,14-16H2,1-3H3,(H,26,30). The Kier molecular flexibility index (Phi) is 11.9. The van der Waals surface area contributed by atoms with E-state index in [0.29, 0.717) is 5.56 Å². The predicted octanol–water partition coefficient (Wildman–Crippen LogP) is 1.93. The quantitative estimate of drug-likeness (QED) is 0.299. The van der Waals surface area contributed by atoms with E-state index in [-0.39, 0.29) is 41.8 Å². The highest BCUT2D eigenvalue weighted by Crippen LogP contribution is 2.15. The Bertz CT molecular complexity index is 1150. The van der Waals surface area contributed by atoms with Crippen molar-refractivity contribution in [1.29, 1.82) is 0 Å². The molecule has 0 saturated carbocycles. The molecule has 0 bridgehead atoms. The monoisotopic (exact) mass is 552 g/mol. The molecule has 0 aromatic heterocycles. The number of hydrogen-bond acceptors (Lipinski definition) is 9. The number of phenols is 1. The van der Waals surface area contributed by atoms with Crippen molar-refractivity contribution in [2.45, 2.75) is 44.2 Å². The van der Waals surface area contributed by atoms with Crippen LogP contribution in [0.3, 0.4) is 0 Å². The second-order valence-corrected chi connectivity index (χ2v) is 10.7. The number of ether oxygens (including phenoxy) is 2. The van der Waals surface area contributed by atoms with E-state index in [2.05, 4.69) is 10.0 Å². The molecule has 0 aliphatic carbocycles. The van der Waals surface area contributed by atoms with Gasteiger partial charge in [0.1, 0.15) is 17.8 Å². The van der Waals surface area contributed by atoms with Gasteiger partial charge < -0.3 is 19.9 Å². The Morgan fingerprint density at radius 2 is 1.57 bits per heavy atom. The molecule has 0 aliphatic heterocycles. The molecular formula is C25H32N2O8S2. The molecule has 0 heterocycles. The maximum Gasteiger partial charge on any atom is 0.329 e. The number of phenolic OH excluding ortho intramolecular Hbond substituents is 1. The molecule has 1 amide bonds. The van der Waals surface area contributed by atoms with Crippen LogP contribution in [-0.2, 0) is 40.3 Å². The first-order chi connectivity index (χ1) is 17.6. The van der Waals surface area contributed by atoms with E-state index in [1.165, 1.54) is 24.3 Å². The number of esters is 2. The van der Waals surface area contributed by atoms with Crippen molar-refractivity contribution < 1.29 is 37.4 Å². The largest absolute Gasteiger partial charge is 0.508 e. The zero-order valence-corrected chi connectivity index (χ0v) is 22.6. The van der Waals surface area contributed by atoms with E-state index in [0.717, 1.165) is 17.3 Å². The molecule has 10 nitrogen and oxygen atoms in total. The summed E-state index contributed by atoms with van der Waals surface area (Å²) in [5.41, 5.74) is 1.45. The molecule has 0 radical (unpaired) electrons. The van der Waals surface area contributed by atoms with Gasteiger partial charge in [-0.25, -0.2) is 13.2 Å². The van der Waals surface area contributed by atoms with Crippen molar-refractivity contribution in [1.82, 2.24) is 10.0 Å². The van der Waals surface area contributed by atoms with Crippen molar-refractivity contribution in [3.63, 3.8) is 0 Å². The van der Waals surface area contributed by atoms with Gasteiger partial charge in [0, 0.05) is 5.75 Å². The fourth-order valence-electron chi connectivity index (χ4n) is 3.17. The predicted molar refractivity (Wildman–Crippen MR) is 140 cm³/mol. The number of nitrogens with one attached hydrogen (secondary N) is 2. The van der Waals surface area contributed by atoms with E-state index in [1.807, 2.05) is 6.92 Å². The SMILES string of the molecule is CCOC(=O)CSCC(NC(=O)C(Cc1ccc(O)cc1)NS(=O)(=O)c1ccc(C)cc1)C(=O)OCC. The summed E-state index contributed by atoms with van der Waals surface area (Å²) in [6.45, 7) is 5.41. The fourth-order valence-corrected chi connectivity index (χ4v) is 5.19. The van der Waals surface area contributed by atoms with Crippen LogP contribution in [0.15, 0.2) is 53.4 Å². The summed E-state index contributed by atoms with van der Waals surface area (Å²) in [4.78, 5) is 37.4. The molecule has 12 heteroatoms. The smallest absolute Gasteiger partial charge is 0.329 e. The minimum absolute atomic E-state index is 0.0139. The molecule has 3 N–H and O–H groups in total. The van der Waals surface area contributed by atoms with E-state index >= 15 is 0 Å². The van der Waals surface area contributed by atoms with Gasteiger partial charge in [-0.2, -0.15) is 4.72 Å². The summed E-state index contributed by atoms with van der Waals surface area (Å²) in [5.74, 6) is -1.92. The average molecular weight is 553 g/mol. The van der Waals surface area contributed by atoms with E-state index in [4.69, 9.17) is 9.47 Å². The lowest BCUT2D eigenvalue weighted by Gasteiger charge is -2.22. The lowest BCUT2D eigenvalue weighted by atomic mass is 10.1. The molecule has 202 valence electrons. The Labute approximate surface area is 221 Å². The van der Waals surface area contributed by atoms with E-state index in [1.54, 1.807) is 38.1 Å². The van der Waals surface area contributed by atoms with Crippen molar-refractivity contribution in [2.24, 2.45) is 0 Å². The molecule has 37 heavy (non-hydrogen) atoms. The molecule has 2 unspecified atom stereocenters. The van der Waals surface area contributed by atoms with Gasteiger partial charge in [-0.05, 0) is 57.0 Å². The van der Waals surface area contributed by atoms with Crippen molar-refractivity contribution in [3.8, 4) is 5.75 Å². The van der Waals surface area contributed by atoms with Crippen LogP contribution in [0.1, 0.15) is 25.0 Å². The van der Waals surface area contributed by atoms with Crippen LogP contribution < -0.4 is 10.0 Å². The minimum atomic E-state index is -4.09. The van der Waals surface area contributed by atoms with Gasteiger partial charge in [-0.1, -0.05) is 29.8 Å². The molecular weight excluding hydrogens is 520 g/mol. The number of aromatic hydroxyl groups is 1. The number of carbonyl (C=O) groups is 3. The topological polar surface area (TPSA) is 148 Å². The van der Waals surface area contributed by atoms with Crippen molar-refractivity contribution in [3.05, 3.63) is 59.7 Å². The van der Waals surface area contributed by atoms with Crippen LogP contribution in [0, 0.1) is 6.92 Å². The number of aryl methyl sites for hydroxylation is 1. The van der Waals surface area contributed by atoms with E-state index in [9.17, 15) is 27.9 Å². The summed E-state index contributed by atoms with van der Waals surface area (Å²) >= 11 is 1.08. The number of carbonyl (C=O) groups excluding carboxylic acids is 3. The molecule has 2 aromatic carbocycles.